The Bertz CT molecular complexity index is 817. The Morgan fingerprint density at radius 1 is 1.29 bits per heavy atom. The summed E-state index contributed by atoms with van der Waals surface area (Å²) in [4.78, 5) is 18.8. The van der Waals surface area contributed by atoms with Crippen LogP contribution >= 0.6 is 11.3 Å². The standard InChI is InChI=1S/C19H22N2O2S/c1-12(2)19-20-15(11-24-19)10-18(22)21(4)13(3)17-9-14-7-5-6-8-16(14)23-17/h5-9,11-13H,10H2,1-4H3. The van der Waals surface area contributed by atoms with E-state index >= 15 is 0 Å². The van der Waals surface area contributed by atoms with Crippen LogP contribution in [0.1, 0.15) is 49.2 Å². The van der Waals surface area contributed by atoms with Crippen molar-refractivity contribution in [3.05, 3.63) is 52.2 Å². The molecule has 1 aromatic carbocycles. The lowest BCUT2D eigenvalue weighted by Crippen LogP contribution is -2.30. The quantitative estimate of drug-likeness (QED) is 0.670. The zero-order valence-electron chi connectivity index (χ0n) is 14.4. The van der Waals surface area contributed by atoms with Gasteiger partial charge in [-0.25, -0.2) is 4.98 Å². The van der Waals surface area contributed by atoms with Crippen LogP contribution in [-0.4, -0.2) is 22.8 Å². The van der Waals surface area contributed by atoms with Gasteiger partial charge in [-0.15, -0.1) is 11.3 Å². The Morgan fingerprint density at radius 3 is 2.71 bits per heavy atom. The number of aromatic nitrogens is 1. The van der Waals surface area contributed by atoms with Gasteiger partial charge in [-0.05, 0) is 19.1 Å². The number of likely N-dealkylation sites (N-methyl/N-ethyl adjacent to an activating group) is 1. The van der Waals surface area contributed by atoms with E-state index in [1.54, 1.807) is 16.2 Å². The third-order valence-corrected chi connectivity index (χ3v) is 5.42. The van der Waals surface area contributed by atoms with Crippen molar-refractivity contribution >= 4 is 28.2 Å². The number of para-hydroxylation sites is 1. The average molecular weight is 342 g/mol. The molecule has 2 aromatic heterocycles. The summed E-state index contributed by atoms with van der Waals surface area (Å²) in [5, 5.41) is 4.11. The van der Waals surface area contributed by atoms with E-state index in [2.05, 4.69) is 18.8 Å². The average Bonchev–Trinajstić information content (AvgIpc) is 3.19. The van der Waals surface area contributed by atoms with E-state index < -0.39 is 0 Å². The maximum atomic E-state index is 12.6. The number of hydrogen-bond acceptors (Lipinski definition) is 4. The van der Waals surface area contributed by atoms with Gasteiger partial charge in [0.25, 0.3) is 0 Å². The van der Waals surface area contributed by atoms with Crippen LogP contribution in [0.25, 0.3) is 11.0 Å². The van der Waals surface area contributed by atoms with Gasteiger partial charge in [0.2, 0.25) is 5.91 Å². The van der Waals surface area contributed by atoms with Gasteiger partial charge in [-0.1, -0.05) is 32.0 Å². The zero-order chi connectivity index (χ0) is 17.3. The smallest absolute Gasteiger partial charge is 0.228 e. The van der Waals surface area contributed by atoms with Crippen LogP contribution in [0.5, 0.6) is 0 Å². The van der Waals surface area contributed by atoms with Crippen LogP contribution in [0.15, 0.2) is 40.1 Å². The number of carbonyl (C=O) groups excluding carboxylic acids is 1. The molecule has 0 saturated heterocycles. The summed E-state index contributed by atoms with van der Waals surface area (Å²) >= 11 is 1.62. The summed E-state index contributed by atoms with van der Waals surface area (Å²) in [5.74, 6) is 1.24. The summed E-state index contributed by atoms with van der Waals surface area (Å²) in [5.41, 5.74) is 1.69. The van der Waals surface area contributed by atoms with Crippen LogP contribution in [0.3, 0.4) is 0 Å². The molecule has 5 heteroatoms. The Kier molecular flexibility index (Phi) is 4.71. The minimum atomic E-state index is -0.117. The maximum absolute atomic E-state index is 12.6. The minimum Gasteiger partial charge on any atom is -0.459 e. The molecule has 1 unspecified atom stereocenters. The highest BCUT2D eigenvalue weighted by atomic mass is 32.1. The molecule has 3 rings (SSSR count). The van der Waals surface area contributed by atoms with Crippen LogP contribution < -0.4 is 0 Å². The fraction of sp³-hybridized carbons (Fsp3) is 0.368. The van der Waals surface area contributed by atoms with Crippen LogP contribution in [0.4, 0.5) is 0 Å². The van der Waals surface area contributed by atoms with E-state index in [0.29, 0.717) is 12.3 Å². The first-order chi connectivity index (χ1) is 11.5. The fourth-order valence-corrected chi connectivity index (χ4v) is 3.40. The second-order valence-corrected chi connectivity index (χ2v) is 7.27. The highest BCUT2D eigenvalue weighted by molar-refractivity contribution is 7.09. The number of fused-ring (bicyclic) bond motifs is 1. The minimum absolute atomic E-state index is 0.0450. The number of furan rings is 1. The SMILES string of the molecule is CC(C)c1nc(CC(=O)N(C)C(C)c2cc3ccccc3o2)cs1. The first-order valence-electron chi connectivity index (χ1n) is 8.14. The number of hydrogen-bond donors (Lipinski definition) is 0. The van der Waals surface area contributed by atoms with E-state index in [1.165, 1.54) is 0 Å². The van der Waals surface area contributed by atoms with Gasteiger partial charge >= 0.3 is 0 Å². The second-order valence-electron chi connectivity index (χ2n) is 6.38. The number of nitrogens with zero attached hydrogens (tertiary/aromatic N) is 2. The molecule has 24 heavy (non-hydrogen) atoms. The summed E-state index contributed by atoms with van der Waals surface area (Å²) in [6.45, 7) is 6.20. The topological polar surface area (TPSA) is 46.3 Å². The molecular weight excluding hydrogens is 320 g/mol. The highest BCUT2D eigenvalue weighted by Gasteiger charge is 2.21. The molecule has 1 amide bonds. The van der Waals surface area contributed by atoms with Crippen molar-refractivity contribution in [3.8, 4) is 0 Å². The molecule has 0 bridgehead atoms. The van der Waals surface area contributed by atoms with Gasteiger partial charge in [0, 0.05) is 23.7 Å². The Labute approximate surface area is 146 Å². The molecule has 0 N–H and O–H groups in total. The van der Waals surface area contributed by atoms with E-state index in [9.17, 15) is 4.79 Å². The van der Waals surface area contributed by atoms with Crippen molar-refractivity contribution in [2.75, 3.05) is 7.05 Å². The molecule has 0 aliphatic rings. The third-order valence-electron chi connectivity index (χ3n) is 4.23. The zero-order valence-corrected chi connectivity index (χ0v) is 15.3. The molecule has 3 aromatic rings. The number of thiazole rings is 1. The number of amides is 1. The van der Waals surface area contributed by atoms with Crippen molar-refractivity contribution in [2.24, 2.45) is 0 Å². The van der Waals surface area contributed by atoms with Crippen LogP contribution in [-0.2, 0) is 11.2 Å². The molecule has 0 aliphatic heterocycles. The van der Waals surface area contributed by atoms with Crippen molar-refractivity contribution < 1.29 is 9.21 Å². The van der Waals surface area contributed by atoms with Crippen molar-refractivity contribution in [1.29, 1.82) is 0 Å². The lowest BCUT2D eigenvalue weighted by Gasteiger charge is -2.23. The highest BCUT2D eigenvalue weighted by Crippen LogP contribution is 2.27. The van der Waals surface area contributed by atoms with E-state index in [0.717, 1.165) is 27.4 Å². The molecule has 0 fully saturated rings. The number of benzene rings is 1. The van der Waals surface area contributed by atoms with Gasteiger partial charge in [0.15, 0.2) is 0 Å². The Balaban J connectivity index is 1.71. The Hall–Kier alpha value is -2.14. The number of carbonyl (C=O) groups is 1. The molecular formula is C19H22N2O2S. The Morgan fingerprint density at radius 2 is 2.04 bits per heavy atom. The van der Waals surface area contributed by atoms with Gasteiger partial charge in [-0.2, -0.15) is 0 Å². The fourth-order valence-electron chi connectivity index (χ4n) is 2.56. The van der Waals surface area contributed by atoms with Crippen molar-refractivity contribution in [3.63, 3.8) is 0 Å². The summed E-state index contributed by atoms with van der Waals surface area (Å²) < 4.78 is 5.88. The van der Waals surface area contributed by atoms with E-state index in [-0.39, 0.29) is 11.9 Å². The van der Waals surface area contributed by atoms with E-state index in [4.69, 9.17) is 4.42 Å². The largest absolute Gasteiger partial charge is 0.459 e. The predicted octanol–water partition coefficient (Wildman–Crippen LogP) is 4.77. The monoisotopic (exact) mass is 342 g/mol. The summed E-state index contributed by atoms with van der Waals surface area (Å²) in [6, 6.07) is 9.77. The van der Waals surface area contributed by atoms with Gasteiger partial charge < -0.3 is 9.32 Å². The summed E-state index contributed by atoms with van der Waals surface area (Å²) in [6.07, 6.45) is 0.324. The third kappa shape index (κ3) is 3.36. The maximum Gasteiger partial charge on any atom is 0.228 e. The van der Waals surface area contributed by atoms with Crippen molar-refractivity contribution in [2.45, 2.75) is 39.2 Å². The molecule has 1 atom stereocenters. The van der Waals surface area contributed by atoms with Crippen molar-refractivity contribution in [1.82, 2.24) is 9.88 Å². The van der Waals surface area contributed by atoms with Gasteiger partial charge in [0.05, 0.1) is 23.2 Å². The normalized spacial score (nSPS) is 12.7. The van der Waals surface area contributed by atoms with Gasteiger partial charge in [-0.3, -0.25) is 4.79 Å². The molecule has 2 heterocycles. The van der Waals surface area contributed by atoms with Gasteiger partial charge in [0.1, 0.15) is 11.3 Å². The molecule has 0 aliphatic carbocycles. The first-order valence-corrected chi connectivity index (χ1v) is 9.02. The second kappa shape index (κ2) is 6.77. The molecule has 0 radical (unpaired) electrons. The molecule has 0 saturated carbocycles. The van der Waals surface area contributed by atoms with E-state index in [1.807, 2.05) is 49.7 Å². The van der Waals surface area contributed by atoms with Crippen LogP contribution in [0.2, 0.25) is 0 Å². The lowest BCUT2D eigenvalue weighted by atomic mass is 10.2. The molecule has 4 nitrogen and oxygen atoms in total. The lowest BCUT2D eigenvalue weighted by molar-refractivity contribution is -0.131. The number of rotatable bonds is 5. The van der Waals surface area contributed by atoms with Crippen LogP contribution in [0, 0.1) is 0 Å². The first kappa shape index (κ1) is 16.7. The predicted molar refractivity (Wildman–Crippen MR) is 97.3 cm³/mol. The molecule has 0 spiro atoms. The molecule has 126 valence electrons. The summed E-state index contributed by atoms with van der Waals surface area (Å²) in [7, 11) is 1.82.